The van der Waals surface area contributed by atoms with Crippen LogP contribution in [0.15, 0.2) is 152 Å². The van der Waals surface area contributed by atoms with Gasteiger partial charge in [0.1, 0.15) is 0 Å². The van der Waals surface area contributed by atoms with Crippen LogP contribution in [0.4, 0.5) is 0 Å². The fraction of sp³-hybridized carbons (Fsp3) is 0.0444. The molecule has 0 atom stereocenters. The van der Waals surface area contributed by atoms with Crippen molar-refractivity contribution in [3.8, 4) is 33.9 Å². The van der Waals surface area contributed by atoms with Crippen molar-refractivity contribution >= 4 is 69.7 Å². The Kier molecular flexibility index (Phi) is 6.49. The van der Waals surface area contributed by atoms with Gasteiger partial charge in [-0.2, -0.15) is 0 Å². The number of thiophene rings is 1. The molecule has 0 bridgehead atoms. The van der Waals surface area contributed by atoms with Crippen molar-refractivity contribution in [1.29, 1.82) is 0 Å². The first kappa shape index (κ1) is 28.1. The van der Waals surface area contributed by atoms with Crippen LogP contribution in [0.1, 0.15) is 18.4 Å². The molecule has 0 spiro atoms. The molecule has 1 aliphatic rings. The van der Waals surface area contributed by atoms with Crippen LogP contribution in [-0.4, -0.2) is 15.0 Å². The van der Waals surface area contributed by atoms with Crippen LogP contribution in [0.3, 0.4) is 0 Å². The number of para-hydroxylation sites is 2. The van der Waals surface area contributed by atoms with E-state index in [1.807, 2.05) is 11.3 Å². The molecule has 0 fully saturated rings. The van der Waals surface area contributed by atoms with Crippen LogP contribution in [0.2, 0.25) is 0 Å². The molecule has 230 valence electrons. The second-order valence-electron chi connectivity index (χ2n) is 12.7. The predicted molar refractivity (Wildman–Crippen MR) is 208 cm³/mol. The monoisotopic (exact) mass is 643 g/mol. The summed E-state index contributed by atoms with van der Waals surface area (Å²) in [5.74, 6) is 0.737. The van der Waals surface area contributed by atoms with Crippen LogP contribution >= 0.6 is 11.3 Å². The van der Waals surface area contributed by atoms with Gasteiger partial charge in [-0.3, -0.25) is 0 Å². The summed E-state index contributed by atoms with van der Waals surface area (Å²) >= 11 is 1.85. The zero-order valence-corrected chi connectivity index (χ0v) is 27.4. The zero-order valence-electron chi connectivity index (χ0n) is 26.6. The van der Waals surface area contributed by atoms with Crippen molar-refractivity contribution in [3.63, 3.8) is 0 Å². The summed E-state index contributed by atoms with van der Waals surface area (Å²) in [6.45, 7) is 0. The Labute approximate surface area is 287 Å². The van der Waals surface area contributed by atoms with Gasteiger partial charge in [0, 0.05) is 58.4 Å². The highest BCUT2D eigenvalue weighted by Gasteiger charge is 2.18. The van der Waals surface area contributed by atoms with Gasteiger partial charge in [0.15, 0.2) is 5.82 Å². The number of fused-ring (bicyclic) bond motifs is 8. The molecule has 0 saturated heterocycles. The lowest BCUT2D eigenvalue weighted by Crippen LogP contribution is -1.95. The van der Waals surface area contributed by atoms with E-state index in [0.29, 0.717) is 0 Å². The number of aromatic nitrogens is 3. The third kappa shape index (κ3) is 4.67. The minimum absolute atomic E-state index is 0.737. The molecule has 0 radical (unpaired) electrons. The quantitative estimate of drug-likeness (QED) is 0.179. The Hall–Kier alpha value is -5.97. The maximum absolute atomic E-state index is 5.25. The van der Waals surface area contributed by atoms with Gasteiger partial charge in [-0.1, -0.05) is 121 Å². The molecule has 10 rings (SSSR count). The molecule has 0 saturated carbocycles. The first-order valence-corrected chi connectivity index (χ1v) is 17.6. The van der Waals surface area contributed by atoms with E-state index in [4.69, 9.17) is 15.0 Å². The lowest BCUT2D eigenvalue weighted by molar-refractivity contribution is 1.05. The molecular formula is C45H29N3S. The Balaban J connectivity index is 1.15. The van der Waals surface area contributed by atoms with E-state index in [1.54, 1.807) is 0 Å². The molecule has 1 aliphatic carbocycles. The molecular weight excluding hydrogens is 615 g/mol. The van der Waals surface area contributed by atoms with Crippen molar-refractivity contribution in [2.45, 2.75) is 12.8 Å². The molecule has 49 heavy (non-hydrogen) atoms. The number of rotatable bonds is 4. The molecule has 6 aromatic carbocycles. The van der Waals surface area contributed by atoms with E-state index < -0.39 is 0 Å². The number of nitrogens with zero attached hydrogens (tertiary/aromatic N) is 3. The Morgan fingerprint density at radius 1 is 0.490 bits per heavy atom. The number of hydrogen-bond acceptors (Lipinski definition) is 4. The topological polar surface area (TPSA) is 38.7 Å². The fourth-order valence-corrected chi connectivity index (χ4v) is 8.58. The third-order valence-corrected chi connectivity index (χ3v) is 11.0. The molecule has 0 unspecified atom stereocenters. The summed E-state index contributed by atoms with van der Waals surface area (Å²) < 4.78 is 2.53. The van der Waals surface area contributed by atoms with Gasteiger partial charge in [-0.05, 0) is 54.3 Å². The van der Waals surface area contributed by atoms with Gasteiger partial charge in [0.05, 0.1) is 22.4 Å². The lowest BCUT2D eigenvalue weighted by Gasteiger charge is -2.12. The normalized spacial score (nSPS) is 13.2. The van der Waals surface area contributed by atoms with Crippen LogP contribution in [0.5, 0.6) is 0 Å². The van der Waals surface area contributed by atoms with E-state index in [1.165, 1.54) is 47.5 Å². The fourth-order valence-electron chi connectivity index (χ4n) is 7.33. The van der Waals surface area contributed by atoms with Crippen LogP contribution in [0, 0.1) is 0 Å². The van der Waals surface area contributed by atoms with Crippen molar-refractivity contribution in [1.82, 2.24) is 15.0 Å². The summed E-state index contributed by atoms with van der Waals surface area (Å²) in [6.07, 6.45) is 8.79. The van der Waals surface area contributed by atoms with E-state index in [9.17, 15) is 0 Å². The summed E-state index contributed by atoms with van der Waals surface area (Å²) in [7, 11) is 0. The summed E-state index contributed by atoms with van der Waals surface area (Å²) in [6, 6.07) is 47.5. The van der Waals surface area contributed by atoms with Crippen LogP contribution < -0.4 is 0 Å². The molecule has 0 aliphatic heterocycles. The molecule has 0 amide bonds. The van der Waals surface area contributed by atoms with Crippen molar-refractivity contribution in [2.24, 2.45) is 0 Å². The zero-order chi connectivity index (χ0) is 32.3. The first-order chi connectivity index (χ1) is 24.3. The average molecular weight is 644 g/mol. The van der Waals surface area contributed by atoms with Crippen LogP contribution in [-0.2, 0) is 0 Å². The number of allylic oxidation sites excluding steroid dienone is 4. The molecule has 4 heteroatoms. The van der Waals surface area contributed by atoms with Gasteiger partial charge in [0.25, 0.3) is 0 Å². The van der Waals surface area contributed by atoms with Gasteiger partial charge in [0.2, 0.25) is 0 Å². The molecule has 3 aromatic heterocycles. The predicted octanol–water partition coefficient (Wildman–Crippen LogP) is 12.4. The van der Waals surface area contributed by atoms with Gasteiger partial charge < -0.3 is 0 Å². The summed E-state index contributed by atoms with van der Waals surface area (Å²) in [5.41, 5.74) is 9.82. The molecule has 0 N–H and O–H groups in total. The minimum Gasteiger partial charge on any atom is -0.247 e. The standard InChI is InChI=1S/C45H29N3S/c1-3-11-28(12-4-1)29-19-21-31(22-20-29)42-35-16-8-10-18-39(35)47-45(48-42)32-23-26-40-37(27-32)33-24-25-36-41(44(33)49-40)34-15-7-9-17-38(34)46-43(36)30-13-5-2-6-14-30/h1-3,5-11,13-27H,4,12H2. The van der Waals surface area contributed by atoms with Crippen molar-refractivity contribution in [3.05, 3.63) is 157 Å². The molecule has 9 aromatic rings. The third-order valence-electron chi connectivity index (χ3n) is 9.75. The minimum atomic E-state index is 0.737. The summed E-state index contributed by atoms with van der Waals surface area (Å²) in [4.78, 5) is 15.5. The maximum Gasteiger partial charge on any atom is 0.160 e. The van der Waals surface area contributed by atoms with E-state index in [2.05, 4.69) is 152 Å². The van der Waals surface area contributed by atoms with E-state index >= 15 is 0 Å². The molecule has 3 nitrogen and oxygen atoms in total. The second kappa shape index (κ2) is 11.3. The SMILES string of the molecule is C1=CCCC(c2ccc(-c3nc(-c4ccc5sc6c(ccc7c(-c8ccccc8)nc8ccccc8c76)c5c4)nc4ccccc34)cc2)=C1. The van der Waals surface area contributed by atoms with E-state index in [-0.39, 0.29) is 0 Å². The Bertz CT molecular complexity index is 2810. The van der Waals surface area contributed by atoms with Gasteiger partial charge in [-0.25, -0.2) is 15.0 Å². The Morgan fingerprint density at radius 3 is 1.98 bits per heavy atom. The first-order valence-electron chi connectivity index (χ1n) is 16.8. The number of pyridine rings is 1. The van der Waals surface area contributed by atoms with Gasteiger partial charge >= 0.3 is 0 Å². The summed E-state index contributed by atoms with van der Waals surface area (Å²) in [5, 5.41) is 7.14. The second-order valence-corrected chi connectivity index (χ2v) is 13.7. The highest BCUT2D eigenvalue weighted by Crippen LogP contribution is 2.44. The smallest absolute Gasteiger partial charge is 0.160 e. The molecule has 3 heterocycles. The van der Waals surface area contributed by atoms with Gasteiger partial charge in [-0.15, -0.1) is 11.3 Å². The largest absolute Gasteiger partial charge is 0.247 e. The number of benzene rings is 6. The Morgan fingerprint density at radius 2 is 1.16 bits per heavy atom. The average Bonchev–Trinajstić information content (AvgIpc) is 3.56. The maximum atomic E-state index is 5.25. The highest BCUT2D eigenvalue weighted by atomic mass is 32.1. The van der Waals surface area contributed by atoms with Crippen molar-refractivity contribution < 1.29 is 0 Å². The van der Waals surface area contributed by atoms with E-state index in [0.717, 1.165) is 63.2 Å². The highest BCUT2D eigenvalue weighted by molar-refractivity contribution is 7.26. The lowest BCUT2D eigenvalue weighted by atomic mass is 9.95. The number of hydrogen-bond donors (Lipinski definition) is 0. The van der Waals surface area contributed by atoms with Crippen LogP contribution in [0.25, 0.3) is 92.2 Å². The van der Waals surface area contributed by atoms with Crippen molar-refractivity contribution in [2.75, 3.05) is 0 Å².